The maximum atomic E-state index is 11.5. The molecule has 1 heterocycles. The number of hydrogen-bond acceptors (Lipinski definition) is 3. The van der Waals surface area contributed by atoms with E-state index in [1.54, 1.807) is 19.4 Å². The van der Waals surface area contributed by atoms with Gasteiger partial charge in [0, 0.05) is 19.4 Å². The lowest BCUT2D eigenvalue weighted by Gasteiger charge is -2.21. The molecule has 0 bridgehead atoms. The molecule has 2 rings (SSSR count). The second-order valence-corrected chi connectivity index (χ2v) is 4.36. The van der Waals surface area contributed by atoms with Gasteiger partial charge in [0.15, 0.2) is 0 Å². The molecule has 0 saturated heterocycles. The van der Waals surface area contributed by atoms with Gasteiger partial charge in [-0.2, -0.15) is 5.10 Å². The summed E-state index contributed by atoms with van der Waals surface area (Å²) in [6.45, 7) is 0.570. The summed E-state index contributed by atoms with van der Waals surface area (Å²) in [5.41, 5.74) is -0.0532. The first-order valence-electron chi connectivity index (χ1n) is 5.86. The number of methoxy groups -OCH3 is 1. The molecule has 1 fully saturated rings. The van der Waals surface area contributed by atoms with E-state index in [1.165, 1.54) is 36.4 Å². The highest BCUT2D eigenvalue weighted by Gasteiger charge is 2.25. The molecule has 0 spiro atoms. The monoisotopic (exact) mass is 222 g/mol. The minimum atomic E-state index is -0.0532. The molecule has 0 N–H and O–H groups in total. The van der Waals surface area contributed by atoms with Crippen molar-refractivity contribution in [2.45, 2.75) is 38.3 Å². The van der Waals surface area contributed by atoms with Crippen LogP contribution in [0.5, 0.6) is 0 Å². The van der Waals surface area contributed by atoms with E-state index < -0.39 is 0 Å². The van der Waals surface area contributed by atoms with Crippen LogP contribution in [0.15, 0.2) is 23.1 Å². The standard InChI is InChI=1S/C12H18N2O2/c1-16-11(10-5-2-3-6-10)9-14-12(15)7-4-8-13-14/h4,7-8,10-11H,2-3,5-6,9H2,1H3. The molecule has 0 radical (unpaired) electrons. The zero-order valence-corrected chi connectivity index (χ0v) is 9.63. The average Bonchev–Trinajstić information content (AvgIpc) is 2.81. The predicted molar refractivity (Wildman–Crippen MR) is 61.3 cm³/mol. The van der Waals surface area contributed by atoms with Crippen molar-refractivity contribution in [2.75, 3.05) is 7.11 Å². The van der Waals surface area contributed by atoms with Gasteiger partial charge < -0.3 is 4.74 Å². The van der Waals surface area contributed by atoms with Crippen LogP contribution in [-0.4, -0.2) is 23.0 Å². The van der Waals surface area contributed by atoms with Crippen molar-refractivity contribution in [1.82, 2.24) is 9.78 Å². The number of aromatic nitrogens is 2. The number of rotatable bonds is 4. The highest BCUT2D eigenvalue weighted by atomic mass is 16.5. The van der Waals surface area contributed by atoms with Crippen LogP contribution < -0.4 is 5.56 Å². The molecule has 88 valence electrons. The summed E-state index contributed by atoms with van der Waals surface area (Å²) < 4.78 is 6.99. The summed E-state index contributed by atoms with van der Waals surface area (Å²) in [7, 11) is 1.72. The fraction of sp³-hybridized carbons (Fsp3) is 0.667. The average molecular weight is 222 g/mol. The van der Waals surface area contributed by atoms with Crippen LogP contribution in [0.25, 0.3) is 0 Å². The van der Waals surface area contributed by atoms with Gasteiger partial charge in [-0.25, -0.2) is 4.68 Å². The molecule has 1 aliphatic rings. The fourth-order valence-electron chi connectivity index (χ4n) is 2.44. The molecule has 16 heavy (non-hydrogen) atoms. The lowest BCUT2D eigenvalue weighted by Crippen LogP contribution is -2.32. The SMILES string of the molecule is COC(Cn1ncccc1=O)C1CCCC1. The Morgan fingerprint density at radius 2 is 2.31 bits per heavy atom. The van der Waals surface area contributed by atoms with Gasteiger partial charge in [-0.1, -0.05) is 12.8 Å². The Hall–Kier alpha value is -1.16. The van der Waals surface area contributed by atoms with Crippen molar-refractivity contribution >= 4 is 0 Å². The van der Waals surface area contributed by atoms with Crippen LogP contribution >= 0.6 is 0 Å². The van der Waals surface area contributed by atoms with E-state index in [2.05, 4.69) is 5.10 Å². The highest BCUT2D eigenvalue weighted by molar-refractivity contribution is 4.86. The topological polar surface area (TPSA) is 44.1 Å². The van der Waals surface area contributed by atoms with Gasteiger partial charge in [0.1, 0.15) is 0 Å². The summed E-state index contributed by atoms with van der Waals surface area (Å²) in [4.78, 5) is 11.5. The summed E-state index contributed by atoms with van der Waals surface area (Å²) in [5, 5.41) is 4.06. The van der Waals surface area contributed by atoms with Crippen LogP contribution in [-0.2, 0) is 11.3 Å². The lowest BCUT2D eigenvalue weighted by molar-refractivity contribution is 0.0369. The van der Waals surface area contributed by atoms with Gasteiger partial charge in [-0.15, -0.1) is 0 Å². The second kappa shape index (κ2) is 5.25. The van der Waals surface area contributed by atoms with E-state index >= 15 is 0 Å². The Balaban J connectivity index is 2.06. The van der Waals surface area contributed by atoms with Crippen LogP contribution in [0.1, 0.15) is 25.7 Å². The van der Waals surface area contributed by atoms with E-state index in [-0.39, 0.29) is 11.7 Å². The van der Waals surface area contributed by atoms with Gasteiger partial charge in [0.25, 0.3) is 5.56 Å². The number of hydrogen-bond donors (Lipinski definition) is 0. The van der Waals surface area contributed by atoms with Crippen LogP contribution in [0.2, 0.25) is 0 Å². The molecular formula is C12H18N2O2. The first-order valence-corrected chi connectivity index (χ1v) is 5.86. The third-order valence-corrected chi connectivity index (χ3v) is 3.37. The Morgan fingerprint density at radius 3 is 2.94 bits per heavy atom. The highest BCUT2D eigenvalue weighted by Crippen LogP contribution is 2.29. The van der Waals surface area contributed by atoms with Crippen LogP contribution in [0.4, 0.5) is 0 Å². The van der Waals surface area contributed by atoms with Crippen molar-refractivity contribution in [3.05, 3.63) is 28.7 Å². The quantitative estimate of drug-likeness (QED) is 0.774. The summed E-state index contributed by atoms with van der Waals surface area (Å²) >= 11 is 0. The molecule has 1 aromatic rings. The Morgan fingerprint density at radius 1 is 1.56 bits per heavy atom. The van der Waals surface area contributed by atoms with Crippen LogP contribution in [0.3, 0.4) is 0 Å². The minimum absolute atomic E-state index is 0.0532. The molecule has 0 aliphatic heterocycles. The second-order valence-electron chi connectivity index (χ2n) is 4.36. The van der Waals surface area contributed by atoms with E-state index in [4.69, 9.17) is 4.74 Å². The van der Waals surface area contributed by atoms with Crippen molar-refractivity contribution in [2.24, 2.45) is 5.92 Å². The van der Waals surface area contributed by atoms with Gasteiger partial charge in [0.2, 0.25) is 0 Å². The molecule has 1 atom stereocenters. The molecule has 0 amide bonds. The maximum Gasteiger partial charge on any atom is 0.266 e. The molecule has 1 aromatic heterocycles. The first kappa shape index (κ1) is 11.3. The number of nitrogens with zero attached hydrogens (tertiary/aromatic N) is 2. The number of ether oxygens (including phenoxy) is 1. The lowest BCUT2D eigenvalue weighted by atomic mass is 10.0. The van der Waals surface area contributed by atoms with Crippen molar-refractivity contribution in [3.8, 4) is 0 Å². The van der Waals surface area contributed by atoms with E-state index in [0.717, 1.165) is 0 Å². The van der Waals surface area contributed by atoms with Crippen molar-refractivity contribution < 1.29 is 4.74 Å². The smallest absolute Gasteiger partial charge is 0.266 e. The van der Waals surface area contributed by atoms with Gasteiger partial charge >= 0.3 is 0 Å². The molecule has 1 saturated carbocycles. The van der Waals surface area contributed by atoms with Crippen LogP contribution in [0, 0.1) is 5.92 Å². The zero-order chi connectivity index (χ0) is 11.4. The molecular weight excluding hydrogens is 204 g/mol. The summed E-state index contributed by atoms with van der Waals surface area (Å²) in [6, 6.07) is 3.20. The Kier molecular flexibility index (Phi) is 3.72. The molecule has 4 nitrogen and oxygen atoms in total. The summed E-state index contributed by atoms with van der Waals surface area (Å²) in [6.07, 6.45) is 6.74. The first-order chi connectivity index (χ1) is 7.81. The van der Waals surface area contributed by atoms with E-state index in [9.17, 15) is 4.79 Å². The van der Waals surface area contributed by atoms with Crippen molar-refractivity contribution in [3.63, 3.8) is 0 Å². The minimum Gasteiger partial charge on any atom is -0.379 e. The third kappa shape index (κ3) is 2.50. The Bertz CT molecular complexity index is 383. The van der Waals surface area contributed by atoms with E-state index in [1.807, 2.05) is 0 Å². The molecule has 0 aromatic carbocycles. The largest absolute Gasteiger partial charge is 0.379 e. The normalized spacial score (nSPS) is 18.8. The maximum absolute atomic E-state index is 11.5. The third-order valence-electron chi connectivity index (χ3n) is 3.37. The van der Waals surface area contributed by atoms with Gasteiger partial charge in [-0.3, -0.25) is 4.79 Å². The summed E-state index contributed by atoms with van der Waals surface area (Å²) in [5.74, 6) is 0.582. The predicted octanol–water partition coefficient (Wildman–Crippen LogP) is 1.45. The van der Waals surface area contributed by atoms with Crippen molar-refractivity contribution in [1.29, 1.82) is 0 Å². The molecule has 4 heteroatoms. The Labute approximate surface area is 95.2 Å². The zero-order valence-electron chi connectivity index (χ0n) is 9.63. The fourth-order valence-corrected chi connectivity index (χ4v) is 2.44. The van der Waals surface area contributed by atoms with Gasteiger partial charge in [0.05, 0.1) is 12.6 Å². The molecule has 1 aliphatic carbocycles. The molecule has 1 unspecified atom stereocenters. The van der Waals surface area contributed by atoms with Gasteiger partial charge in [-0.05, 0) is 24.8 Å². The van der Waals surface area contributed by atoms with E-state index in [0.29, 0.717) is 12.5 Å².